The summed E-state index contributed by atoms with van der Waals surface area (Å²) in [6, 6.07) is 12.0. The lowest BCUT2D eigenvalue weighted by molar-refractivity contribution is -0.121. The molecule has 0 saturated heterocycles. The van der Waals surface area contributed by atoms with Crippen molar-refractivity contribution in [2.45, 2.75) is 24.8 Å². The van der Waals surface area contributed by atoms with Crippen LogP contribution in [0.15, 0.2) is 42.5 Å². The molecule has 2 aromatic rings. The highest BCUT2D eigenvalue weighted by atomic mass is 19.1. The number of ether oxygens (including phenoxy) is 2. The first-order valence-electron chi connectivity index (χ1n) is 7.85. The predicted molar refractivity (Wildman–Crippen MR) is 88.7 cm³/mol. The van der Waals surface area contributed by atoms with Crippen molar-refractivity contribution in [3.8, 4) is 11.5 Å². The highest BCUT2D eigenvalue weighted by Gasteiger charge is 2.46. The quantitative estimate of drug-likeness (QED) is 0.885. The molecule has 1 saturated carbocycles. The minimum Gasteiger partial charge on any atom is -0.493 e. The van der Waals surface area contributed by atoms with Crippen LogP contribution in [-0.2, 0) is 16.8 Å². The summed E-state index contributed by atoms with van der Waals surface area (Å²) in [7, 11) is 3.17. The topological polar surface area (TPSA) is 47.6 Å². The molecule has 1 N–H and O–H groups in total. The van der Waals surface area contributed by atoms with E-state index < -0.39 is 0 Å². The van der Waals surface area contributed by atoms with Crippen LogP contribution in [0.4, 0.5) is 4.39 Å². The highest BCUT2D eigenvalue weighted by Crippen LogP contribution is 2.47. The molecule has 1 aliphatic carbocycles. The van der Waals surface area contributed by atoms with Gasteiger partial charge in [0, 0.05) is 0 Å². The SMILES string of the molecule is COc1ccc(C2(NC(=O)Cc3ccccc3F)CC2)cc1OC. The standard InChI is InChI=1S/C19H20FNO3/c1-23-16-8-7-14(12-17(16)24-2)19(9-10-19)21-18(22)11-13-5-3-4-6-15(13)20/h3-8,12H,9-11H2,1-2H3,(H,21,22). The third-order valence-electron chi connectivity index (χ3n) is 4.37. The van der Waals surface area contributed by atoms with E-state index in [9.17, 15) is 9.18 Å². The van der Waals surface area contributed by atoms with Crippen molar-refractivity contribution in [1.29, 1.82) is 0 Å². The van der Waals surface area contributed by atoms with Crippen LogP contribution < -0.4 is 14.8 Å². The molecule has 1 fully saturated rings. The maximum absolute atomic E-state index is 13.7. The Bertz CT molecular complexity index is 756. The number of carbonyl (C=O) groups excluding carboxylic acids is 1. The third kappa shape index (κ3) is 3.20. The van der Waals surface area contributed by atoms with Gasteiger partial charge in [0.25, 0.3) is 0 Å². The van der Waals surface area contributed by atoms with Crippen LogP contribution in [0.5, 0.6) is 11.5 Å². The van der Waals surface area contributed by atoms with E-state index in [-0.39, 0.29) is 23.7 Å². The first-order chi connectivity index (χ1) is 11.6. The molecule has 0 spiro atoms. The van der Waals surface area contributed by atoms with E-state index in [0.29, 0.717) is 17.1 Å². The van der Waals surface area contributed by atoms with Gasteiger partial charge in [0.15, 0.2) is 11.5 Å². The number of rotatable bonds is 6. The van der Waals surface area contributed by atoms with Gasteiger partial charge in [-0.05, 0) is 42.2 Å². The number of hydrogen-bond donors (Lipinski definition) is 1. The number of benzene rings is 2. The van der Waals surface area contributed by atoms with Gasteiger partial charge in [-0.1, -0.05) is 24.3 Å². The Hall–Kier alpha value is -2.56. The molecule has 0 unspecified atom stereocenters. The largest absolute Gasteiger partial charge is 0.493 e. The maximum Gasteiger partial charge on any atom is 0.225 e. The van der Waals surface area contributed by atoms with Crippen molar-refractivity contribution in [3.05, 3.63) is 59.4 Å². The Morgan fingerprint density at radius 2 is 1.83 bits per heavy atom. The molecule has 3 rings (SSSR count). The Kier molecular flexibility index (Phi) is 4.42. The number of amides is 1. The second-order valence-electron chi connectivity index (χ2n) is 5.97. The van der Waals surface area contributed by atoms with Crippen LogP contribution in [0.25, 0.3) is 0 Å². The van der Waals surface area contributed by atoms with E-state index in [2.05, 4.69) is 5.32 Å². The summed E-state index contributed by atoms with van der Waals surface area (Å²) in [4.78, 5) is 12.3. The monoisotopic (exact) mass is 329 g/mol. The fourth-order valence-electron chi connectivity index (χ4n) is 2.87. The van der Waals surface area contributed by atoms with Crippen LogP contribution in [0, 0.1) is 5.82 Å². The molecule has 1 aliphatic rings. The van der Waals surface area contributed by atoms with Gasteiger partial charge in [0.05, 0.1) is 26.2 Å². The van der Waals surface area contributed by atoms with Crippen molar-refractivity contribution in [2.24, 2.45) is 0 Å². The van der Waals surface area contributed by atoms with Gasteiger partial charge in [-0.2, -0.15) is 0 Å². The van der Waals surface area contributed by atoms with Crippen molar-refractivity contribution < 1.29 is 18.7 Å². The number of hydrogen-bond acceptors (Lipinski definition) is 3. The molecule has 0 aromatic heterocycles. The molecule has 2 aromatic carbocycles. The lowest BCUT2D eigenvalue weighted by Crippen LogP contribution is -2.36. The molecule has 0 atom stereocenters. The van der Waals surface area contributed by atoms with Crippen molar-refractivity contribution >= 4 is 5.91 Å². The Morgan fingerprint density at radius 3 is 2.46 bits per heavy atom. The van der Waals surface area contributed by atoms with Crippen LogP contribution in [0.3, 0.4) is 0 Å². The highest BCUT2D eigenvalue weighted by molar-refractivity contribution is 5.80. The van der Waals surface area contributed by atoms with Gasteiger partial charge >= 0.3 is 0 Å². The zero-order chi connectivity index (χ0) is 17.2. The van der Waals surface area contributed by atoms with E-state index in [1.807, 2.05) is 18.2 Å². The first kappa shape index (κ1) is 16.3. The summed E-state index contributed by atoms with van der Waals surface area (Å²) in [5, 5.41) is 3.05. The number of nitrogens with one attached hydrogen (secondary N) is 1. The Morgan fingerprint density at radius 1 is 1.12 bits per heavy atom. The summed E-state index contributed by atoms with van der Waals surface area (Å²) in [5.74, 6) is 0.732. The average Bonchev–Trinajstić information content (AvgIpc) is 3.36. The fraction of sp³-hybridized carbons (Fsp3) is 0.316. The van der Waals surface area contributed by atoms with Gasteiger partial charge in [-0.3, -0.25) is 4.79 Å². The molecular formula is C19H20FNO3. The summed E-state index contributed by atoms with van der Waals surface area (Å²) in [6.07, 6.45) is 1.73. The molecule has 24 heavy (non-hydrogen) atoms. The molecule has 0 aliphatic heterocycles. The Labute approximate surface area is 140 Å². The van der Waals surface area contributed by atoms with E-state index >= 15 is 0 Å². The number of carbonyl (C=O) groups is 1. The van der Waals surface area contributed by atoms with Gasteiger partial charge in [0.2, 0.25) is 5.91 Å². The van der Waals surface area contributed by atoms with Crippen LogP contribution in [0.2, 0.25) is 0 Å². The van der Waals surface area contributed by atoms with E-state index in [0.717, 1.165) is 18.4 Å². The molecule has 4 nitrogen and oxygen atoms in total. The minimum absolute atomic E-state index is 0.0295. The summed E-state index contributed by atoms with van der Waals surface area (Å²) in [5.41, 5.74) is 0.988. The first-order valence-corrected chi connectivity index (χ1v) is 7.85. The van der Waals surface area contributed by atoms with Gasteiger partial charge < -0.3 is 14.8 Å². The van der Waals surface area contributed by atoms with Crippen molar-refractivity contribution in [3.63, 3.8) is 0 Å². The molecule has 0 heterocycles. The van der Waals surface area contributed by atoms with Gasteiger partial charge in [-0.15, -0.1) is 0 Å². The molecule has 1 amide bonds. The smallest absolute Gasteiger partial charge is 0.225 e. The van der Waals surface area contributed by atoms with E-state index in [1.165, 1.54) is 6.07 Å². The Balaban J connectivity index is 1.75. The van der Waals surface area contributed by atoms with Crippen LogP contribution >= 0.6 is 0 Å². The third-order valence-corrected chi connectivity index (χ3v) is 4.37. The van der Waals surface area contributed by atoms with Gasteiger partial charge in [-0.25, -0.2) is 4.39 Å². The minimum atomic E-state index is -0.387. The lowest BCUT2D eigenvalue weighted by atomic mass is 10.0. The number of halogens is 1. The fourth-order valence-corrected chi connectivity index (χ4v) is 2.87. The summed E-state index contributed by atoms with van der Waals surface area (Å²) < 4.78 is 24.3. The summed E-state index contributed by atoms with van der Waals surface area (Å²) >= 11 is 0. The van der Waals surface area contributed by atoms with Crippen molar-refractivity contribution in [2.75, 3.05) is 14.2 Å². The van der Waals surface area contributed by atoms with Gasteiger partial charge in [0.1, 0.15) is 5.82 Å². The molecule has 126 valence electrons. The van der Waals surface area contributed by atoms with E-state index in [1.54, 1.807) is 32.4 Å². The normalized spacial score (nSPS) is 14.8. The summed E-state index contributed by atoms with van der Waals surface area (Å²) in [6.45, 7) is 0. The average molecular weight is 329 g/mol. The predicted octanol–water partition coefficient (Wildman–Crippen LogP) is 3.19. The van der Waals surface area contributed by atoms with Crippen molar-refractivity contribution in [1.82, 2.24) is 5.32 Å². The van der Waals surface area contributed by atoms with E-state index in [4.69, 9.17) is 9.47 Å². The maximum atomic E-state index is 13.7. The molecule has 5 heteroatoms. The second kappa shape index (κ2) is 6.51. The molecular weight excluding hydrogens is 309 g/mol. The zero-order valence-corrected chi connectivity index (χ0v) is 13.8. The van der Waals surface area contributed by atoms with Crippen LogP contribution in [-0.4, -0.2) is 20.1 Å². The number of methoxy groups -OCH3 is 2. The zero-order valence-electron chi connectivity index (χ0n) is 13.8. The van der Waals surface area contributed by atoms with Crippen LogP contribution in [0.1, 0.15) is 24.0 Å². The molecule has 0 bridgehead atoms. The second-order valence-corrected chi connectivity index (χ2v) is 5.97. The molecule has 0 radical (unpaired) electrons. The lowest BCUT2D eigenvalue weighted by Gasteiger charge is -2.20.